The van der Waals surface area contributed by atoms with Gasteiger partial charge in [0.25, 0.3) is 5.91 Å². The van der Waals surface area contributed by atoms with Gasteiger partial charge in [-0.3, -0.25) is 14.9 Å². The maximum Gasteiger partial charge on any atom is 0.422 e. The van der Waals surface area contributed by atoms with Crippen LogP contribution in [0, 0.1) is 0 Å². The molecule has 1 aromatic heterocycles. The normalized spacial score (nSPS) is 12.2. The van der Waals surface area contributed by atoms with E-state index in [1.807, 2.05) is 0 Å². The Hall–Kier alpha value is -3.17. The van der Waals surface area contributed by atoms with Crippen LogP contribution in [0.3, 0.4) is 0 Å². The highest BCUT2D eigenvalue weighted by Crippen LogP contribution is 2.22. The average Bonchev–Trinajstić information content (AvgIpc) is 2.59. The van der Waals surface area contributed by atoms with Crippen molar-refractivity contribution in [1.29, 1.82) is 0 Å². The Morgan fingerprint density at radius 1 is 1.26 bits per heavy atom. The predicted molar refractivity (Wildman–Crippen MR) is 90.2 cm³/mol. The molecule has 144 valence electrons. The van der Waals surface area contributed by atoms with Crippen LogP contribution in [0.15, 0.2) is 36.5 Å². The van der Waals surface area contributed by atoms with Gasteiger partial charge >= 0.3 is 6.18 Å². The third kappa shape index (κ3) is 6.57. The summed E-state index contributed by atoms with van der Waals surface area (Å²) in [6.07, 6.45) is -3.11. The van der Waals surface area contributed by atoms with E-state index in [0.717, 1.165) is 0 Å². The Kier molecular flexibility index (Phi) is 6.32. The van der Waals surface area contributed by atoms with Gasteiger partial charge in [-0.25, -0.2) is 9.97 Å². The van der Waals surface area contributed by atoms with Crippen LogP contribution >= 0.6 is 0 Å². The van der Waals surface area contributed by atoms with Crippen LogP contribution in [0.2, 0.25) is 0 Å². The van der Waals surface area contributed by atoms with Gasteiger partial charge in [0.2, 0.25) is 11.9 Å². The Balaban J connectivity index is 2.05. The molecule has 0 aliphatic carbocycles. The number of nitrogens with zero attached hydrogens (tertiary/aromatic N) is 2. The van der Waals surface area contributed by atoms with Gasteiger partial charge in [0, 0.05) is 13.1 Å². The molecule has 7 nitrogen and oxygen atoms in total. The SMILES string of the molecule is CC(=O)Nc1nccc(C(=O)NC(C)c2cccc(OCC(F)(F)F)c2)n1. The molecule has 0 bridgehead atoms. The van der Waals surface area contributed by atoms with E-state index in [2.05, 4.69) is 20.6 Å². The summed E-state index contributed by atoms with van der Waals surface area (Å²) in [5.74, 6) is -0.874. The van der Waals surface area contributed by atoms with Crippen molar-refractivity contribution >= 4 is 17.8 Å². The molecule has 0 aliphatic rings. The van der Waals surface area contributed by atoms with E-state index in [4.69, 9.17) is 4.74 Å². The molecule has 1 unspecified atom stereocenters. The second kappa shape index (κ2) is 8.47. The molecule has 0 saturated carbocycles. The highest BCUT2D eigenvalue weighted by Gasteiger charge is 2.28. The molecule has 10 heteroatoms. The van der Waals surface area contributed by atoms with Gasteiger partial charge in [-0.05, 0) is 30.7 Å². The number of ether oxygens (including phenoxy) is 1. The zero-order chi connectivity index (χ0) is 20.0. The van der Waals surface area contributed by atoms with Crippen molar-refractivity contribution in [3.8, 4) is 5.75 Å². The standard InChI is InChI=1S/C17H17F3N4O3/c1-10(12-4-3-5-13(8-12)27-9-17(18,19)20)22-15(26)14-6-7-21-16(24-14)23-11(2)25/h3-8,10H,9H2,1-2H3,(H,22,26)(H,21,23,24,25). The highest BCUT2D eigenvalue weighted by atomic mass is 19.4. The number of nitrogens with one attached hydrogen (secondary N) is 2. The van der Waals surface area contributed by atoms with E-state index in [-0.39, 0.29) is 23.3 Å². The third-order valence-electron chi connectivity index (χ3n) is 3.28. The number of hydrogen-bond donors (Lipinski definition) is 2. The summed E-state index contributed by atoms with van der Waals surface area (Å²) < 4.78 is 41.5. The minimum atomic E-state index is -4.44. The lowest BCUT2D eigenvalue weighted by molar-refractivity contribution is -0.153. The summed E-state index contributed by atoms with van der Waals surface area (Å²) in [5, 5.41) is 5.04. The van der Waals surface area contributed by atoms with Gasteiger partial charge in [-0.1, -0.05) is 12.1 Å². The van der Waals surface area contributed by atoms with Crippen LogP contribution in [-0.4, -0.2) is 34.6 Å². The number of carbonyl (C=O) groups excluding carboxylic acids is 2. The molecule has 2 amide bonds. The largest absolute Gasteiger partial charge is 0.484 e. The smallest absolute Gasteiger partial charge is 0.422 e. The molecule has 0 spiro atoms. The van der Waals surface area contributed by atoms with Crippen LogP contribution < -0.4 is 15.4 Å². The van der Waals surface area contributed by atoms with Gasteiger partial charge in [0.1, 0.15) is 11.4 Å². The molecule has 2 rings (SSSR count). The third-order valence-corrected chi connectivity index (χ3v) is 3.28. The second-order valence-electron chi connectivity index (χ2n) is 5.62. The molecule has 1 aromatic carbocycles. The maximum absolute atomic E-state index is 12.3. The molecule has 0 fully saturated rings. The molecule has 0 radical (unpaired) electrons. The zero-order valence-electron chi connectivity index (χ0n) is 14.5. The van der Waals surface area contributed by atoms with E-state index < -0.39 is 24.7 Å². The van der Waals surface area contributed by atoms with E-state index >= 15 is 0 Å². The van der Waals surface area contributed by atoms with Crippen molar-refractivity contribution in [3.63, 3.8) is 0 Å². The van der Waals surface area contributed by atoms with E-state index in [0.29, 0.717) is 5.56 Å². The fourth-order valence-electron chi connectivity index (χ4n) is 2.10. The first-order valence-corrected chi connectivity index (χ1v) is 7.85. The average molecular weight is 382 g/mol. The van der Waals surface area contributed by atoms with Gasteiger partial charge in [0.15, 0.2) is 6.61 Å². The van der Waals surface area contributed by atoms with Gasteiger partial charge < -0.3 is 10.1 Å². The lowest BCUT2D eigenvalue weighted by atomic mass is 10.1. The predicted octanol–water partition coefficient (Wildman–Crippen LogP) is 2.87. The molecule has 2 N–H and O–H groups in total. The van der Waals surface area contributed by atoms with Crippen LogP contribution in [0.25, 0.3) is 0 Å². The lowest BCUT2D eigenvalue weighted by Crippen LogP contribution is -2.28. The number of rotatable bonds is 6. The fraction of sp³-hybridized carbons (Fsp3) is 0.294. The molecule has 1 atom stereocenters. The second-order valence-corrected chi connectivity index (χ2v) is 5.62. The summed E-state index contributed by atoms with van der Waals surface area (Å²) in [5.41, 5.74) is 0.587. The number of halogens is 3. The van der Waals surface area contributed by atoms with Crippen molar-refractivity contribution in [2.24, 2.45) is 0 Å². The Morgan fingerprint density at radius 2 is 2.00 bits per heavy atom. The van der Waals surface area contributed by atoms with Crippen molar-refractivity contribution in [2.45, 2.75) is 26.1 Å². The number of hydrogen-bond acceptors (Lipinski definition) is 5. The van der Waals surface area contributed by atoms with Crippen molar-refractivity contribution in [3.05, 3.63) is 47.8 Å². The number of aromatic nitrogens is 2. The van der Waals surface area contributed by atoms with Gasteiger partial charge in [-0.15, -0.1) is 0 Å². The van der Waals surface area contributed by atoms with Crippen molar-refractivity contribution < 1.29 is 27.5 Å². The van der Waals surface area contributed by atoms with E-state index in [1.54, 1.807) is 13.0 Å². The Bertz CT molecular complexity index is 827. The molecule has 0 aliphatic heterocycles. The first kappa shape index (κ1) is 20.1. The van der Waals surface area contributed by atoms with Gasteiger partial charge in [-0.2, -0.15) is 13.2 Å². The van der Waals surface area contributed by atoms with Crippen LogP contribution in [-0.2, 0) is 4.79 Å². The summed E-state index contributed by atoms with van der Waals surface area (Å²) in [6.45, 7) is 1.55. The Morgan fingerprint density at radius 3 is 2.67 bits per heavy atom. The van der Waals surface area contributed by atoms with Crippen molar-refractivity contribution in [1.82, 2.24) is 15.3 Å². The number of alkyl halides is 3. The molecule has 1 heterocycles. The summed E-state index contributed by atoms with van der Waals surface area (Å²) in [7, 11) is 0. The first-order valence-electron chi connectivity index (χ1n) is 7.85. The maximum atomic E-state index is 12.3. The number of carbonyl (C=O) groups is 2. The zero-order valence-corrected chi connectivity index (χ0v) is 14.5. The first-order chi connectivity index (χ1) is 12.6. The molecule has 2 aromatic rings. The minimum Gasteiger partial charge on any atom is -0.484 e. The van der Waals surface area contributed by atoms with E-state index in [9.17, 15) is 22.8 Å². The summed E-state index contributed by atoms with van der Waals surface area (Å²) >= 11 is 0. The lowest BCUT2D eigenvalue weighted by Gasteiger charge is -2.16. The molecular weight excluding hydrogens is 365 g/mol. The topological polar surface area (TPSA) is 93.2 Å². The number of anilines is 1. The number of benzene rings is 1. The van der Waals surface area contributed by atoms with E-state index in [1.165, 1.54) is 37.4 Å². The molecule has 0 saturated heterocycles. The fourth-order valence-corrected chi connectivity index (χ4v) is 2.10. The minimum absolute atomic E-state index is 0.00893. The quantitative estimate of drug-likeness (QED) is 0.801. The van der Waals surface area contributed by atoms with Gasteiger partial charge in [0.05, 0.1) is 6.04 Å². The van der Waals surface area contributed by atoms with Crippen LogP contribution in [0.1, 0.15) is 35.9 Å². The summed E-state index contributed by atoms with van der Waals surface area (Å²) in [4.78, 5) is 31.1. The summed E-state index contributed by atoms with van der Waals surface area (Å²) in [6, 6.07) is 6.84. The molecular formula is C17H17F3N4O3. The molecule has 27 heavy (non-hydrogen) atoms. The monoisotopic (exact) mass is 382 g/mol. The van der Waals surface area contributed by atoms with Crippen LogP contribution in [0.4, 0.5) is 19.1 Å². The van der Waals surface area contributed by atoms with Crippen LogP contribution in [0.5, 0.6) is 5.75 Å². The highest BCUT2D eigenvalue weighted by molar-refractivity contribution is 5.93. The number of amides is 2. The Labute approximate surface area is 153 Å². The van der Waals surface area contributed by atoms with Crippen molar-refractivity contribution in [2.75, 3.05) is 11.9 Å².